The zero-order chi connectivity index (χ0) is 22.2. The summed E-state index contributed by atoms with van der Waals surface area (Å²) in [4.78, 5) is 27.0. The second kappa shape index (κ2) is 11.3. The molecule has 1 N–H and O–H groups in total. The van der Waals surface area contributed by atoms with Crippen molar-refractivity contribution in [2.45, 2.75) is 25.7 Å². The average Bonchev–Trinajstić information content (AvgIpc) is 3.01. The van der Waals surface area contributed by atoms with E-state index in [4.69, 9.17) is 28.6 Å². The van der Waals surface area contributed by atoms with Crippen LogP contribution in [0, 0.1) is 0 Å². The zero-order valence-corrected chi connectivity index (χ0v) is 19.5. The highest BCUT2D eigenvalue weighted by Gasteiger charge is 2.31. The van der Waals surface area contributed by atoms with Crippen LogP contribution in [0.25, 0.3) is 6.08 Å². The van der Waals surface area contributed by atoms with Gasteiger partial charge in [-0.3, -0.25) is 14.5 Å². The number of hydrogen-bond donors (Lipinski definition) is 1. The van der Waals surface area contributed by atoms with E-state index in [0.717, 1.165) is 30.6 Å². The van der Waals surface area contributed by atoms with Crippen LogP contribution in [-0.4, -0.2) is 34.7 Å². The van der Waals surface area contributed by atoms with Crippen LogP contribution < -0.4 is 10.1 Å². The van der Waals surface area contributed by atoms with Crippen molar-refractivity contribution in [2.75, 3.05) is 19.0 Å². The van der Waals surface area contributed by atoms with Gasteiger partial charge < -0.3 is 10.1 Å². The SMILES string of the molecule is COc1ccc(C=C2SC(=S)N(CCCCCC(=O)Nc3cccc(Cl)c3)C2=O)cc1. The topological polar surface area (TPSA) is 58.6 Å². The molecule has 0 aliphatic carbocycles. The van der Waals surface area contributed by atoms with Crippen LogP contribution in [0.1, 0.15) is 31.2 Å². The highest BCUT2D eigenvalue weighted by molar-refractivity contribution is 8.26. The van der Waals surface area contributed by atoms with E-state index >= 15 is 0 Å². The summed E-state index contributed by atoms with van der Waals surface area (Å²) in [7, 11) is 1.62. The molecule has 1 saturated heterocycles. The predicted molar refractivity (Wildman–Crippen MR) is 131 cm³/mol. The van der Waals surface area contributed by atoms with Gasteiger partial charge in [-0.25, -0.2) is 0 Å². The number of carbonyl (C=O) groups is 2. The lowest BCUT2D eigenvalue weighted by atomic mass is 10.1. The Morgan fingerprint density at radius 3 is 2.68 bits per heavy atom. The van der Waals surface area contributed by atoms with E-state index in [2.05, 4.69) is 5.32 Å². The minimum absolute atomic E-state index is 0.0460. The third-order valence-corrected chi connectivity index (χ3v) is 6.29. The molecular weight excluding hydrogens is 452 g/mol. The monoisotopic (exact) mass is 474 g/mol. The fraction of sp³-hybridized carbons (Fsp3) is 0.261. The molecule has 0 unspecified atom stereocenters. The molecule has 2 amide bonds. The standard InChI is InChI=1S/C23H23ClN2O3S2/c1-29-19-11-9-16(10-12-19)14-20-22(28)26(23(30)31-20)13-4-2-3-8-21(27)25-18-7-5-6-17(24)15-18/h5-7,9-12,14-15H,2-4,8,13H2,1H3,(H,25,27). The maximum Gasteiger partial charge on any atom is 0.266 e. The minimum atomic E-state index is -0.0653. The lowest BCUT2D eigenvalue weighted by molar-refractivity contribution is -0.122. The lowest BCUT2D eigenvalue weighted by Gasteiger charge is -2.14. The van der Waals surface area contributed by atoms with Crippen LogP contribution >= 0.6 is 35.6 Å². The van der Waals surface area contributed by atoms with E-state index in [0.29, 0.717) is 32.9 Å². The van der Waals surface area contributed by atoms with Crippen molar-refractivity contribution in [3.05, 3.63) is 64.0 Å². The molecule has 8 heteroatoms. The number of amides is 2. The Labute approximate surface area is 196 Å². The normalized spacial score (nSPS) is 14.9. The van der Waals surface area contributed by atoms with Crippen molar-refractivity contribution in [1.29, 1.82) is 0 Å². The van der Waals surface area contributed by atoms with Crippen LogP contribution in [0.15, 0.2) is 53.4 Å². The maximum absolute atomic E-state index is 12.7. The number of nitrogens with one attached hydrogen (secondary N) is 1. The fourth-order valence-electron chi connectivity index (χ4n) is 3.07. The lowest BCUT2D eigenvalue weighted by Crippen LogP contribution is -2.29. The molecule has 31 heavy (non-hydrogen) atoms. The zero-order valence-electron chi connectivity index (χ0n) is 17.1. The second-order valence-electron chi connectivity index (χ2n) is 6.98. The van der Waals surface area contributed by atoms with Crippen molar-refractivity contribution in [1.82, 2.24) is 4.90 Å². The smallest absolute Gasteiger partial charge is 0.266 e. The average molecular weight is 475 g/mol. The first-order chi connectivity index (χ1) is 15.0. The first kappa shape index (κ1) is 23.3. The van der Waals surface area contributed by atoms with Crippen LogP contribution in [0.2, 0.25) is 5.02 Å². The molecule has 1 aliphatic rings. The summed E-state index contributed by atoms with van der Waals surface area (Å²) < 4.78 is 5.73. The molecule has 2 aromatic carbocycles. The van der Waals surface area contributed by atoms with Crippen LogP contribution in [0.3, 0.4) is 0 Å². The van der Waals surface area contributed by atoms with Gasteiger partial charge in [0.2, 0.25) is 5.91 Å². The van der Waals surface area contributed by atoms with Crippen LogP contribution in [0.4, 0.5) is 5.69 Å². The minimum Gasteiger partial charge on any atom is -0.497 e. The Hall–Kier alpha value is -2.35. The molecule has 162 valence electrons. The third-order valence-electron chi connectivity index (χ3n) is 4.68. The van der Waals surface area contributed by atoms with Crippen LogP contribution in [-0.2, 0) is 9.59 Å². The number of anilines is 1. The number of carbonyl (C=O) groups excluding carboxylic acids is 2. The Morgan fingerprint density at radius 2 is 1.97 bits per heavy atom. The second-order valence-corrected chi connectivity index (χ2v) is 9.09. The molecule has 0 radical (unpaired) electrons. The number of halogens is 1. The highest BCUT2D eigenvalue weighted by atomic mass is 35.5. The largest absolute Gasteiger partial charge is 0.497 e. The van der Waals surface area contributed by atoms with Crippen molar-refractivity contribution in [3.8, 4) is 5.75 Å². The summed E-state index contributed by atoms with van der Waals surface area (Å²) >= 11 is 12.6. The number of thioether (sulfide) groups is 1. The van der Waals surface area contributed by atoms with Gasteiger partial charge >= 0.3 is 0 Å². The van der Waals surface area contributed by atoms with E-state index in [9.17, 15) is 9.59 Å². The van der Waals surface area contributed by atoms with Gasteiger partial charge in [0.25, 0.3) is 5.91 Å². The first-order valence-electron chi connectivity index (χ1n) is 9.91. The van der Waals surface area contributed by atoms with Gasteiger partial charge in [0, 0.05) is 23.7 Å². The van der Waals surface area contributed by atoms with Gasteiger partial charge in [-0.15, -0.1) is 0 Å². The maximum atomic E-state index is 12.7. The molecule has 2 aromatic rings. The number of thiocarbonyl (C=S) groups is 1. The van der Waals surface area contributed by atoms with Crippen molar-refractivity contribution in [3.63, 3.8) is 0 Å². The van der Waals surface area contributed by atoms with Gasteiger partial charge in [-0.05, 0) is 54.8 Å². The summed E-state index contributed by atoms with van der Waals surface area (Å²) in [5.41, 5.74) is 1.62. The quantitative estimate of drug-likeness (QED) is 0.285. The van der Waals surface area contributed by atoms with Crippen molar-refractivity contribution in [2.24, 2.45) is 0 Å². The molecule has 0 atom stereocenters. The Morgan fingerprint density at radius 1 is 1.19 bits per heavy atom. The Balaban J connectivity index is 1.42. The first-order valence-corrected chi connectivity index (χ1v) is 11.5. The number of hydrogen-bond acceptors (Lipinski definition) is 5. The number of ether oxygens (including phenoxy) is 1. The van der Waals surface area contributed by atoms with E-state index < -0.39 is 0 Å². The molecule has 0 bridgehead atoms. The molecule has 5 nitrogen and oxygen atoms in total. The molecule has 1 heterocycles. The molecular formula is C23H23ClN2O3S2. The number of rotatable bonds is 9. The summed E-state index contributed by atoms with van der Waals surface area (Å²) in [6, 6.07) is 14.6. The van der Waals surface area contributed by atoms with Gasteiger partial charge in [0.05, 0.1) is 12.0 Å². The number of benzene rings is 2. The van der Waals surface area contributed by atoms with Gasteiger partial charge in [0.15, 0.2) is 0 Å². The molecule has 1 fully saturated rings. The van der Waals surface area contributed by atoms with E-state index in [1.165, 1.54) is 11.8 Å². The Kier molecular flexibility index (Phi) is 8.51. The van der Waals surface area contributed by atoms with Crippen molar-refractivity contribution >= 4 is 63.5 Å². The van der Waals surface area contributed by atoms with Gasteiger partial charge in [0.1, 0.15) is 10.1 Å². The van der Waals surface area contributed by atoms with E-state index in [1.54, 1.807) is 36.3 Å². The molecule has 0 aromatic heterocycles. The number of nitrogens with zero attached hydrogens (tertiary/aromatic N) is 1. The third kappa shape index (κ3) is 6.82. The summed E-state index contributed by atoms with van der Waals surface area (Å²) in [5.74, 6) is 0.658. The number of unbranched alkanes of at least 4 members (excludes halogenated alkanes) is 2. The van der Waals surface area contributed by atoms with Gasteiger partial charge in [-0.1, -0.05) is 60.2 Å². The predicted octanol–water partition coefficient (Wildman–Crippen LogP) is 5.75. The van der Waals surface area contributed by atoms with E-state index in [-0.39, 0.29) is 11.8 Å². The molecule has 0 saturated carbocycles. The summed E-state index contributed by atoms with van der Waals surface area (Å²) in [6.45, 7) is 0.556. The highest BCUT2D eigenvalue weighted by Crippen LogP contribution is 2.33. The summed E-state index contributed by atoms with van der Waals surface area (Å²) in [6.07, 6.45) is 4.62. The van der Waals surface area contributed by atoms with Gasteiger partial charge in [-0.2, -0.15) is 0 Å². The van der Waals surface area contributed by atoms with Crippen molar-refractivity contribution < 1.29 is 14.3 Å². The van der Waals surface area contributed by atoms with Crippen LogP contribution in [0.5, 0.6) is 5.75 Å². The molecule has 3 rings (SSSR count). The molecule has 0 spiro atoms. The summed E-state index contributed by atoms with van der Waals surface area (Å²) in [5, 5.41) is 3.42. The molecule has 1 aliphatic heterocycles. The fourth-order valence-corrected chi connectivity index (χ4v) is 4.57. The number of methoxy groups -OCH3 is 1. The van der Waals surface area contributed by atoms with E-state index in [1.807, 2.05) is 30.3 Å². The Bertz CT molecular complexity index is 993.